The first-order valence-electron chi connectivity index (χ1n) is 7.53. The number of tetrazole rings is 1. The SMILES string of the molecule is Cc1nnnn1C(Cc1cccc(F)c1)C(=O)NCCSCC(=O)O. The number of carbonyl (C=O) groups is 2. The van der Waals surface area contributed by atoms with Gasteiger partial charge in [-0.1, -0.05) is 12.1 Å². The number of aliphatic carboxylic acids is 1. The molecule has 2 N–H and O–H groups in total. The molecule has 25 heavy (non-hydrogen) atoms. The summed E-state index contributed by atoms with van der Waals surface area (Å²) in [5.41, 5.74) is 0.648. The van der Waals surface area contributed by atoms with Crippen LogP contribution < -0.4 is 5.32 Å². The van der Waals surface area contributed by atoms with Gasteiger partial charge >= 0.3 is 5.97 Å². The van der Waals surface area contributed by atoms with Gasteiger partial charge in [-0.2, -0.15) is 0 Å². The van der Waals surface area contributed by atoms with Gasteiger partial charge in [0, 0.05) is 18.7 Å². The zero-order valence-corrected chi connectivity index (χ0v) is 14.4. The summed E-state index contributed by atoms with van der Waals surface area (Å²) in [6.45, 7) is 1.99. The number of rotatable bonds is 9. The Morgan fingerprint density at radius 3 is 2.88 bits per heavy atom. The average Bonchev–Trinajstić information content (AvgIpc) is 2.97. The van der Waals surface area contributed by atoms with Gasteiger partial charge in [0.15, 0.2) is 0 Å². The molecule has 10 heteroatoms. The number of aryl methyl sites for hydroxylation is 1. The van der Waals surface area contributed by atoms with E-state index in [2.05, 4.69) is 20.8 Å². The van der Waals surface area contributed by atoms with Crippen LogP contribution in [0.5, 0.6) is 0 Å². The van der Waals surface area contributed by atoms with Crippen LogP contribution in [0.15, 0.2) is 24.3 Å². The number of carboxylic acids is 1. The molecule has 0 spiro atoms. The molecule has 134 valence electrons. The van der Waals surface area contributed by atoms with Crippen LogP contribution in [-0.4, -0.2) is 55.2 Å². The van der Waals surface area contributed by atoms with Crippen LogP contribution in [0, 0.1) is 12.7 Å². The summed E-state index contributed by atoms with van der Waals surface area (Å²) in [6, 6.07) is 5.28. The maximum absolute atomic E-state index is 13.4. The van der Waals surface area contributed by atoms with E-state index in [-0.39, 0.29) is 23.9 Å². The lowest BCUT2D eigenvalue weighted by Crippen LogP contribution is -2.36. The summed E-state index contributed by atoms with van der Waals surface area (Å²) in [6.07, 6.45) is 0.234. The van der Waals surface area contributed by atoms with Crippen LogP contribution in [0.2, 0.25) is 0 Å². The Bertz CT molecular complexity index is 739. The molecule has 0 fully saturated rings. The van der Waals surface area contributed by atoms with Crippen molar-refractivity contribution < 1.29 is 19.1 Å². The summed E-state index contributed by atoms with van der Waals surface area (Å²) in [4.78, 5) is 23.0. The zero-order chi connectivity index (χ0) is 18.2. The third-order valence-electron chi connectivity index (χ3n) is 3.34. The van der Waals surface area contributed by atoms with Gasteiger partial charge in [-0.15, -0.1) is 16.9 Å². The highest BCUT2D eigenvalue weighted by atomic mass is 32.2. The second-order valence-corrected chi connectivity index (χ2v) is 6.36. The van der Waals surface area contributed by atoms with E-state index in [0.717, 1.165) is 0 Å². The number of hydrogen-bond acceptors (Lipinski definition) is 6. The highest BCUT2D eigenvalue weighted by Gasteiger charge is 2.24. The molecule has 0 aliphatic carbocycles. The van der Waals surface area contributed by atoms with Gasteiger partial charge in [-0.25, -0.2) is 9.07 Å². The van der Waals surface area contributed by atoms with Gasteiger partial charge in [0.1, 0.15) is 17.7 Å². The van der Waals surface area contributed by atoms with Crippen LogP contribution in [0.4, 0.5) is 4.39 Å². The van der Waals surface area contributed by atoms with Gasteiger partial charge in [0.25, 0.3) is 0 Å². The minimum Gasteiger partial charge on any atom is -0.481 e. The van der Waals surface area contributed by atoms with E-state index in [1.54, 1.807) is 19.1 Å². The summed E-state index contributed by atoms with van der Waals surface area (Å²) >= 11 is 1.21. The minimum absolute atomic E-state index is 0.0192. The molecule has 1 heterocycles. The Labute approximate surface area is 147 Å². The van der Waals surface area contributed by atoms with E-state index < -0.39 is 12.0 Å². The van der Waals surface area contributed by atoms with Gasteiger partial charge < -0.3 is 10.4 Å². The van der Waals surface area contributed by atoms with Crippen LogP contribution in [0.25, 0.3) is 0 Å². The van der Waals surface area contributed by atoms with Crippen molar-refractivity contribution in [3.8, 4) is 0 Å². The quantitative estimate of drug-likeness (QED) is 0.632. The first kappa shape index (κ1) is 18.8. The third kappa shape index (κ3) is 5.82. The fraction of sp³-hybridized carbons (Fsp3) is 0.400. The molecule has 1 aromatic heterocycles. The standard InChI is InChI=1S/C15H18FN5O3S/c1-10-18-19-20-21(10)13(8-11-3-2-4-12(16)7-11)15(24)17-5-6-25-9-14(22)23/h2-4,7,13H,5-6,8-9H2,1H3,(H,17,24)(H,22,23). The molecule has 2 aromatic rings. The van der Waals surface area contributed by atoms with E-state index in [4.69, 9.17) is 5.11 Å². The van der Waals surface area contributed by atoms with Crippen molar-refractivity contribution >= 4 is 23.6 Å². The van der Waals surface area contributed by atoms with Crippen molar-refractivity contribution in [2.45, 2.75) is 19.4 Å². The van der Waals surface area contributed by atoms with Gasteiger partial charge in [0.05, 0.1) is 5.75 Å². The van der Waals surface area contributed by atoms with E-state index in [1.807, 2.05) is 0 Å². The fourth-order valence-electron chi connectivity index (χ4n) is 2.23. The number of carbonyl (C=O) groups excluding carboxylic acids is 1. The molecular formula is C15H18FN5O3S. The summed E-state index contributed by atoms with van der Waals surface area (Å²) in [5.74, 6) is -0.666. The lowest BCUT2D eigenvalue weighted by atomic mass is 10.1. The van der Waals surface area contributed by atoms with Crippen LogP contribution >= 0.6 is 11.8 Å². The first-order chi connectivity index (χ1) is 12.0. The number of carboxylic acid groups (broad SMARTS) is 1. The number of hydrogen-bond donors (Lipinski definition) is 2. The summed E-state index contributed by atoms with van der Waals surface area (Å²) < 4.78 is 14.8. The predicted molar refractivity (Wildman–Crippen MR) is 89.7 cm³/mol. The molecule has 1 amide bonds. The molecule has 1 unspecified atom stereocenters. The molecule has 1 aromatic carbocycles. The van der Waals surface area contributed by atoms with Crippen molar-refractivity contribution in [3.05, 3.63) is 41.5 Å². The van der Waals surface area contributed by atoms with Crippen LogP contribution in [0.3, 0.4) is 0 Å². The van der Waals surface area contributed by atoms with Crippen molar-refractivity contribution in [1.29, 1.82) is 0 Å². The monoisotopic (exact) mass is 367 g/mol. The smallest absolute Gasteiger partial charge is 0.313 e. The highest BCUT2D eigenvalue weighted by molar-refractivity contribution is 7.99. The molecule has 0 aliphatic rings. The molecule has 0 aliphatic heterocycles. The zero-order valence-electron chi connectivity index (χ0n) is 13.6. The Morgan fingerprint density at radius 1 is 1.44 bits per heavy atom. The molecule has 2 rings (SSSR count). The fourth-order valence-corrected chi connectivity index (χ4v) is 2.79. The highest BCUT2D eigenvalue weighted by Crippen LogP contribution is 2.16. The average molecular weight is 367 g/mol. The Morgan fingerprint density at radius 2 is 2.24 bits per heavy atom. The first-order valence-corrected chi connectivity index (χ1v) is 8.69. The Kier molecular flexibility index (Phi) is 6.87. The molecule has 0 saturated carbocycles. The van der Waals surface area contributed by atoms with Crippen molar-refractivity contribution in [2.75, 3.05) is 18.1 Å². The maximum atomic E-state index is 13.4. The summed E-state index contributed by atoms with van der Waals surface area (Å²) in [7, 11) is 0. The molecular weight excluding hydrogens is 349 g/mol. The van der Waals surface area contributed by atoms with Gasteiger partial charge in [-0.3, -0.25) is 9.59 Å². The topological polar surface area (TPSA) is 110 Å². The number of thioether (sulfide) groups is 1. The Hall–Kier alpha value is -2.49. The van der Waals surface area contributed by atoms with Crippen LogP contribution in [0.1, 0.15) is 17.4 Å². The minimum atomic E-state index is -0.898. The van der Waals surface area contributed by atoms with Gasteiger partial charge in [0.2, 0.25) is 5.91 Å². The number of nitrogens with zero attached hydrogens (tertiary/aromatic N) is 4. The van der Waals surface area contributed by atoms with Crippen LogP contribution in [-0.2, 0) is 16.0 Å². The predicted octanol–water partition coefficient (Wildman–Crippen LogP) is 0.838. The molecule has 0 bridgehead atoms. The molecule has 0 radical (unpaired) electrons. The number of nitrogens with one attached hydrogen (secondary N) is 1. The Balaban J connectivity index is 2.03. The van der Waals surface area contributed by atoms with E-state index in [9.17, 15) is 14.0 Å². The van der Waals surface area contributed by atoms with Crippen molar-refractivity contribution in [2.24, 2.45) is 0 Å². The molecule has 8 nitrogen and oxygen atoms in total. The lowest BCUT2D eigenvalue weighted by Gasteiger charge is -2.17. The second-order valence-electron chi connectivity index (χ2n) is 5.26. The largest absolute Gasteiger partial charge is 0.481 e. The van der Waals surface area contributed by atoms with Gasteiger partial charge in [-0.05, 0) is 35.0 Å². The number of halogens is 1. The van der Waals surface area contributed by atoms with E-state index in [1.165, 1.54) is 28.6 Å². The third-order valence-corrected chi connectivity index (χ3v) is 4.29. The van der Waals surface area contributed by atoms with Crippen molar-refractivity contribution in [3.63, 3.8) is 0 Å². The molecule has 1 atom stereocenters. The number of benzene rings is 1. The number of amides is 1. The van der Waals surface area contributed by atoms with E-state index in [0.29, 0.717) is 23.7 Å². The number of aromatic nitrogens is 4. The maximum Gasteiger partial charge on any atom is 0.313 e. The lowest BCUT2D eigenvalue weighted by molar-refractivity contribution is -0.134. The van der Waals surface area contributed by atoms with Crippen molar-refractivity contribution in [1.82, 2.24) is 25.5 Å². The second kappa shape index (κ2) is 9.11. The molecule has 0 saturated heterocycles. The normalized spacial score (nSPS) is 11.9. The van der Waals surface area contributed by atoms with E-state index >= 15 is 0 Å². The summed E-state index contributed by atoms with van der Waals surface area (Å²) in [5, 5.41) is 22.5.